The third kappa shape index (κ3) is 3.80. The van der Waals surface area contributed by atoms with E-state index in [0.717, 1.165) is 31.9 Å². The molecule has 110 valence electrons. The molecule has 3 rings (SSSR count). The predicted octanol–water partition coefficient (Wildman–Crippen LogP) is 1.76. The molecule has 1 aliphatic rings. The third-order valence-corrected chi connectivity index (χ3v) is 3.86. The molecule has 1 aromatic heterocycles. The van der Waals surface area contributed by atoms with Gasteiger partial charge in [-0.25, -0.2) is 0 Å². The van der Waals surface area contributed by atoms with Crippen molar-refractivity contribution in [2.24, 2.45) is 0 Å². The van der Waals surface area contributed by atoms with Gasteiger partial charge in [-0.1, -0.05) is 30.3 Å². The summed E-state index contributed by atoms with van der Waals surface area (Å²) in [6.07, 6.45) is 3.27. The standard InChI is InChI=1S/C17H21N3O/c21-17-13-19(12-15-4-2-1-3-5-15)10-11-20(14-17)16-6-8-18-9-7-16/h1-9,17,21H,10-14H2. The molecular weight excluding hydrogens is 262 g/mol. The van der Waals surface area contributed by atoms with Crippen LogP contribution in [0.15, 0.2) is 54.9 Å². The van der Waals surface area contributed by atoms with Crippen LogP contribution in [0.3, 0.4) is 0 Å². The lowest BCUT2D eigenvalue weighted by Gasteiger charge is -2.23. The van der Waals surface area contributed by atoms with E-state index >= 15 is 0 Å². The molecule has 0 saturated carbocycles. The van der Waals surface area contributed by atoms with Gasteiger partial charge in [0.25, 0.3) is 0 Å². The zero-order valence-electron chi connectivity index (χ0n) is 12.1. The van der Waals surface area contributed by atoms with E-state index in [1.54, 1.807) is 12.4 Å². The Labute approximate surface area is 125 Å². The predicted molar refractivity (Wildman–Crippen MR) is 84.2 cm³/mol. The number of anilines is 1. The molecule has 2 heterocycles. The van der Waals surface area contributed by atoms with Crippen molar-refractivity contribution in [3.05, 3.63) is 60.4 Å². The maximum absolute atomic E-state index is 10.3. The summed E-state index contributed by atoms with van der Waals surface area (Å²) in [5.74, 6) is 0. The van der Waals surface area contributed by atoms with Crippen LogP contribution in [0.4, 0.5) is 5.69 Å². The Balaban J connectivity index is 1.66. The first-order valence-electron chi connectivity index (χ1n) is 7.40. The molecule has 0 aliphatic carbocycles. The number of nitrogens with zero attached hydrogens (tertiary/aromatic N) is 3. The Bertz CT molecular complexity index is 546. The maximum Gasteiger partial charge on any atom is 0.0841 e. The molecule has 0 amide bonds. The van der Waals surface area contributed by atoms with Gasteiger partial charge in [-0.05, 0) is 17.7 Å². The molecule has 1 aromatic carbocycles. The SMILES string of the molecule is OC1CN(Cc2ccccc2)CCN(c2ccncc2)C1. The van der Waals surface area contributed by atoms with Crippen LogP contribution in [0.2, 0.25) is 0 Å². The summed E-state index contributed by atoms with van der Waals surface area (Å²) in [6, 6.07) is 14.4. The third-order valence-electron chi connectivity index (χ3n) is 3.86. The minimum Gasteiger partial charge on any atom is -0.390 e. The van der Waals surface area contributed by atoms with Gasteiger partial charge in [-0.15, -0.1) is 0 Å². The minimum atomic E-state index is -0.329. The fourth-order valence-electron chi connectivity index (χ4n) is 2.83. The van der Waals surface area contributed by atoms with Gasteiger partial charge in [0.2, 0.25) is 0 Å². The van der Waals surface area contributed by atoms with E-state index in [0.29, 0.717) is 6.54 Å². The zero-order chi connectivity index (χ0) is 14.5. The number of β-amino-alcohol motifs (C(OH)–C–C–N with tert-alkyl or cyclic N) is 1. The fourth-order valence-corrected chi connectivity index (χ4v) is 2.83. The van der Waals surface area contributed by atoms with E-state index in [1.165, 1.54) is 5.56 Å². The van der Waals surface area contributed by atoms with Crippen molar-refractivity contribution in [3.63, 3.8) is 0 Å². The summed E-state index contributed by atoms with van der Waals surface area (Å²) in [5, 5.41) is 10.3. The van der Waals surface area contributed by atoms with Gasteiger partial charge >= 0.3 is 0 Å². The highest BCUT2D eigenvalue weighted by atomic mass is 16.3. The van der Waals surface area contributed by atoms with Gasteiger partial charge < -0.3 is 10.0 Å². The van der Waals surface area contributed by atoms with Crippen molar-refractivity contribution in [3.8, 4) is 0 Å². The van der Waals surface area contributed by atoms with Crippen molar-refractivity contribution >= 4 is 5.69 Å². The van der Waals surface area contributed by atoms with Crippen molar-refractivity contribution < 1.29 is 5.11 Å². The highest BCUT2D eigenvalue weighted by molar-refractivity contribution is 5.44. The number of hydrogen-bond acceptors (Lipinski definition) is 4. The average Bonchev–Trinajstić information content (AvgIpc) is 2.71. The van der Waals surface area contributed by atoms with E-state index in [2.05, 4.69) is 39.0 Å². The summed E-state index contributed by atoms with van der Waals surface area (Å²) in [7, 11) is 0. The first kappa shape index (κ1) is 14.0. The van der Waals surface area contributed by atoms with E-state index < -0.39 is 0 Å². The number of aromatic nitrogens is 1. The van der Waals surface area contributed by atoms with Gasteiger partial charge in [0.15, 0.2) is 0 Å². The molecule has 21 heavy (non-hydrogen) atoms. The Morgan fingerprint density at radius 2 is 1.76 bits per heavy atom. The van der Waals surface area contributed by atoms with E-state index in [-0.39, 0.29) is 6.10 Å². The van der Waals surface area contributed by atoms with Crippen LogP contribution < -0.4 is 4.90 Å². The summed E-state index contributed by atoms with van der Waals surface area (Å²) >= 11 is 0. The number of aliphatic hydroxyl groups excluding tert-OH is 1. The molecule has 0 radical (unpaired) electrons. The second-order valence-corrected chi connectivity index (χ2v) is 5.53. The summed E-state index contributed by atoms with van der Waals surface area (Å²) < 4.78 is 0. The molecule has 2 aromatic rings. The monoisotopic (exact) mass is 283 g/mol. The second-order valence-electron chi connectivity index (χ2n) is 5.53. The van der Waals surface area contributed by atoms with Gasteiger partial charge in [-0.3, -0.25) is 9.88 Å². The largest absolute Gasteiger partial charge is 0.390 e. The van der Waals surface area contributed by atoms with E-state index in [9.17, 15) is 5.11 Å². The number of pyridine rings is 1. The van der Waals surface area contributed by atoms with Crippen molar-refractivity contribution in [2.75, 3.05) is 31.1 Å². The number of hydrogen-bond donors (Lipinski definition) is 1. The molecule has 1 unspecified atom stereocenters. The highest BCUT2D eigenvalue weighted by Gasteiger charge is 2.21. The smallest absolute Gasteiger partial charge is 0.0841 e. The van der Waals surface area contributed by atoms with Crippen LogP contribution in [0, 0.1) is 0 Å². The first-order valence-corrected chi connectivity index (χ1v) is 7.40. The summed E-state index contributed by atoms with van der Waals surface area (Å²) in [5.41, 5.74) is 2.42. The van der Waals surface area contributed by atoms with Crippen LogP contribution in [-0.2, 0) is 6.54 Å². The quantitative estimate of drug-likeness (QED) is 0.932. The molecule has 1 fully saturated rings. The normalized spacial score (nSPS) is 20.2. The fraction of sp³-hybridized carbons (Fsp3) is 0.353. The van der Waals surface area contributed by atoms with Gasteiger partial charge in [0.1, 0.15) is 0 Å². The van der Waals surface area contributed by atoms with Crippen LogP contribution in [-0.4, -0.2) is 47.3 Å². The Morgan fingerprint density at radius 1 is 1.00 bits per heavy atom. The Morgan fingerprint density at radius 3 is 2.52 bits per heavy atom. The van der Waals surface area contributed by atoms with Crippen molar-refractivity contribution in [1.82, 2.24) is 9.88 Å². The Hall–Kier alpha value is -1.91. The molecule has 1 atom stereocenters. The molecule has 0 bridgehead atoms. The lowest BCUT2D eigenvalue weighted by Crippen LogP contribution is -2.33. The first-order chi connectivity index (χ1) is 10.3. The van der Waals surface area contributed by atoms with Gasteiger partial charge in [-0.2, -0.15) is 0 Å². The number of benzene rings is 1. The summed E-state index contributed by atoms with van der Waals surface area (Å²) in [6.45, 7) is 4.16. The zero-order valence-corrected chi connectivity index (χ0v) is 12.1. The lowest BCUT2D eigenvalue weighted by molar-refractivity contribution is 0.129. The molecule has 0 spiro atoms. The molecule has 1 aliphatic heterocycles. The van der Waals surface area contributed by atoms with Gasteiger partial charge in [0.05, 0.1) is 6.10 Å². The van der Waals surface area contributed by atoms with Crippen LogP contribution in [0.25, 0.3) is 0 Å². The maximum atomic E-state index is 10.3. The number of aliphatic hydroxyl groups is 1. The summed E-state index contributed by atoms with van der Waals surface area (Å²) in [4.78, 5) is 8.61. The number of rotatable bonds is 3. The molecular formula is C17H21N3O. The van der Waals surface area contributed by atoms with Crippen molar-refractivity contribution in [2.45, 2.75) is 12.6 Å². The van der Waals surface area contributed by atoms with Crippen molar-refractivity contribution in [1.29, 1.82) is 0 Å². The molecule has 4 nitrogen and oxygen atoms in total. The highest BCUT2D eigenvalue weighted by Crippen LogP contribution is 2.16. The molecule has 1 saturated heterocycles. The van der Waals surface area contributed by atoms with Crippen LogP contribution in [0.5, 0.6) is 0 Å². The average molecular weight is 283 g/mol. The molecule has 4 heteroatoms. The topological polar surface area (TPSA) is 39.6 Å². The van der Waals surface area contributed by atoms with Crippen LogP contribution >= 0.6 is 0 Å². The molecule has 1 N–H and O–H groups in total. The van der Waals surface area contributed by atoms with Gasteiger partial charge in [0, 0.05) is 50.8 Å². The lowest BCUT2D eigenvalue weighted by atomic mass is 10.2. The second kappa shape index (κ2) is 6.70. The Kier molecular flexibility index (Phi) is 4.48. The van der Waals surface area contributed by atoms with E-state index in [4.69, 9.17) is 0 Å². The van der Waals surface area contributed by atoms with Crippen LogP contribution in [0.1, 0.15) is 5.56 Å². The minimum absolute atomic E-state index is 0.329. The van der Waals surface area contributed by atoms with E-state index in [1.807, 2.05) is 18.2 Å².